The lowest BCUT2D eigenvalue weighted by atomic mass is 10.0. The molecule has 1 atom stereocenters. The lowest BCUT2D eigenvalue weighted by molar-refractivity contribution is 0.400. The minimum atomic E-state index is -0.401. The summed E-state index contributed by atoms with van der Waals surface area (Å²) < 4.78 is 5.29. The average Bonchev–Trinajstić information content (AvgIpc) is 2.45. The molecule has 1 aromatic heterocycles. The monoisotopic (exact) mass is 297 g/mol. The number of hydrazine groups is 1. The molecule has 0 spiro atoms. The molecule has 0 radical (unpaired) electrons. The van der Waals surface area contributed by atoms with Crippen LogP contribution in [0.25, 0.3) is 0 Å². The van der Waals surface area contributed by atoms with Gasteiger partial charge in [-0.3, -0.25) is 10.8 Å². The summed E-state index contributed by atoms with van der Waals surface area (Å²) in [5, 5.41) is 0.911. The van der Waals surface area contributed by atoms with Gasteiger partial charge in [0.15, 0.2) is 0 Å². The molecular formula is C13H13Cl2N3O. The van der Waals surface area contributed by atoms with Gasteiger partial charge in [0.1, 0.15) is 11.4 Å². The molecule has 1 heterocycles. The van der Waals surface area contributed by atoms with Crippen LogP contribution in [0.15, 0.2) is 36.5 Å². The van der Waals surface area contributed by atoms with Crippen molar-refractivity contribution in [3.8, 4) is 5.75 Å². The molecule has 0 aliphatic carbocycles. The molecule has 2 rings (SSSR count). The lowest BCUT2D eigenvalue weighted by Crippen LogP contribution is -2.30. The van der Waals surface area contributed by atoms with Gasteiger partial charge in [0.05, 0.1) is 23.2 Å². The Morgan fingerprint density at radius 1 is 1.26 bits per heavy atom. The SMILES string of the molecule is COc1cccnc1C(NN)c1cccc(Cl)c1Cl. The van der Waals surface area contributed by atoms with E-state index in [1.54, 1.807) is 25.4 Å². The average molecular weight is 298 g/mol. The molecule has 6 heteroatoms. The van der Waals surface area contributed by atoms with Crippen molar-refractivity contribution < 1.29 is 4.74 Å². The van der Waals surface area contributed by atoms with Gasteiger partial charge in [0, 0.05) is 6.20 Å². The molecule has 0 aliphatic rings. The largest absolute Gasteiger partial charge is 0.495 e. The zero-order valence-electron chi connectivity index (χ0n) is 10.2. The summed E-state index contributed by atoms with van der Waals surface area (Å²) in [6, 6.07) is 8.57. The molecule has 3 N–H and O–H groups in total. The topological polar surface area (TPSA) is 60.2 Å². The van der Waals surface area contributed by atoms with Gasteiger partial charge in [0.25, 0.3) is 0 Å². The summed E-state index contributed by atoms with van der Waals surface area (Å²) in [5.41, 5.74) is 4.09. The van der Waals surface area contributed by atoms with Gasteiger partial charge >= 0.3 is 0 Å². The van der Waals surface area contributed by atoms with Crippen LogP contribution in [0.3, 0.4) is 0 Å². The van der Waals surface area contributed by atoms with Gasteiger partial charge < -0.3 is 4.74 Å². The number of rotatable bonds is 4. The highest BCUT2D eigenvalue weighted by Crippen LogP contribution is 2.34. The van der Waals surface area contributed by atoms with E-state index in [0.717, 1.165) is 5.56 Å². The molecule has 0 aliphatic heterocycles. The highest BCUT2D eigenvalue weighted by molar-refractivity contribution is 6.42. The van der Waals surface area contributed by atoms with Crippen LogP contribution >= 0.6 is 23.2 Å². The standard InChI is InChI=1S/C13H13Cl2N3O/c1-19-10-6-3-7-17-13(10)12(18-16)8-4-2-5-9(14)11(8)15/h2-7,12,18H,16H2,1H3. The molecule has 19 heavy (non-hydrogen) atoms. The number of nitrogens with two attached hydrogens (primary N) is 1. The Balaban J connectivity index is 2.53. The lowest BCUT2D eigenvalue weighted by Gasteiger charge is -2.19. The summed E-state index contributed by atoms with van der Waals surface area (Å²) in [5.74, 6) is 6.26. The van der Waals surface area contributed by atoms with E-state index in [1.807, 2.05) is 18.2 Å². The molecule has 0 saturated carbocycles. The molecule has 100 valence electrons. The summed E-state index contributed by atoms with van der Waals surface area (Å²) in [6.45, 7) is 0. The van der Waals surface area contributed by atoms with Crippen LogP contribution in [0.2, 0.25) is 10.0 Å². The maximum absolute atomic E-state index is 6.22. The van der Waals surface area contributed by atoms with Gasteiger partial charge in [-0.1, -0.05) is 35.3 Å². The molecule has 0 fully saturated rings. The number of aromatic nitrogens is 1. The minimum absolute atomic E-state index is 0.401. The highest BCUT2D eigenvalue weighted by atomic mass is 35.5. The molecule has 1 aromatic carbocycles. The van der Waals surface area contributed by atoms with Gasteiger partial charge in [0.2, 0.25) is 0 Å². The molecular weight excluding hydrogens is 285 g/mol. The molecule has 1 unspecified atom stereocenters. The maximum Gasteiger partial charge on any atom is 0.142 e. The third kappa shape index (κ3) is 2.82. The third-order valence-electron chi connectivity index (χ3n) is 2.75. The number of nitrogens with one attached hydrogen (secondary N) is 1. The Hall–Kier alpha value is -1.33. The normalized spacial score (nSPS) is 12.2. The Bertz CT molecular complexity index is 578. The van der Waals surface area contributed by atoms with Gasteiger partial charge in [-0.05, 0) is 23.8 Å². The maximum atomic E-state index is 6.22. The number of methoxy groups -OCH3 is 1. The number of ether oxygens (including phenoxy) is 1. The van der Waals surface area contributed by atoms with Gasteiger partial charge in [-0.2, -0.15) is 0 Å². The van der Waals surface area contributed by atoms with Crippen molar-refractivity contribution in [2.75, 3.05) is 7.11 Å². The van der Waals surface area contributed by atoms with E-state index in [2.05, 4.69) is 10.4 Å². The number of nitrogens with zero attached hydrogens (tertiary/aromatic N) is 1. The quantitative estimate of drug-likeness (QED) is 0.673. The number of halogens is 2. The second-order valence-electron chi connectivity index (χ2n) is 3.83. The van der Waals surface area contributed by atoms with Crippen LogP contribution in [-0.4, -0.2) is 12.1 Å². The van der Waals surface area contributed by atoms with Crippen molar-refractivity contribution in [1.82, 2.24) is 10.4 Å². The Morgan fingerprint density at radius 3 is 2.74 bits per heavy atom. The van der Waals surface area contributed by atoms with Crippen LogP contribution in [-0.2, 0) is 0 Å². The first-order chi connectivity index (χ1) is 9.19. The highest BCUT2D eigenvalue weighted by Gasteiger charge is 2.21. The van der Waals surface area contributed by atoms with Gasteiger partial charge in [-0.25, -0.2) is 5.43 Å². The fourth-order valence-electron chi connectivity index (χ4n) is 1.85. The first kappa shape index (κ1) is 14.1. The van der Waals surface area contributed by atoms with Crippen LogP contribution in [0.4, 0.5) is 0 Å². The van der Waals surface area contributed by atoms with Crippen LogP contribution in [0, 0.1) is 0 Å². The first-order valence-electron chi connectivity index (χ1n) is 5.58. The Kier molecular flexibility index (Phi) is 4.61. The predicted octanol–water partition coefficient (Wildman–Crippen LogP) is 2.95. The molecule has 2 aromatic rings. The van der Waals surface area contributed by atoms with E-state index in [1.165, 1.54) is 0 Å². The molecule has 0 saturated heterocycles. The van der Waals surface area contributed by atoms with E-state index < -0.39 is 6.04 Å². The fraction of sp³-hybridized carbons (Fsp3) is 0.154. The van der Waals surface area contributed by atoms with Crippen LogP contribution in [0.5, 0.6) is 5.75 Å². The third-order valence-corrected chi connectivity index (χ3v) is 3.59. The Morgan fingerprint density at radius 2 is 2.05 bits per heavy atom. The second-order valence-corrected chi connectivity index (χ2v) is 4.62. The minimum Gasteiger partial charge on any atom is -0.495 e. The van der Waals surface area contributed by atoms with E-state index >= 15 is 0 Å². The van der Waals surface area contributed by atoms with Crippen molar-refractivity contribution in [1.29, 1.82) is 0 Å². The number of benzene rings is 1. The van der Waals surface area contributed by atoms with Crippen molar-refractivity contribution in [3.63, 3.8) is 0 Å². The molecule has 0 bridgehead atoms. The number of pyridine rings is 1. The number of hydrogen-bond donors (Lipinski definition) is 2. The van der Waals surface area contributed by atoms with Crippen molar-refractivity contribution in [2.24, 2.45) is 5.84 Å². The van der Waals surface area contributed by atoms with E-state index in [-0.39, 0.29) is 0 Å². The smallest absolute Gasteiger partial charge is 0.142 e. The fourth-order valence-corrected chi connectivity index (χ4v) is 2.27. The van der Waals surface area contributed by atoms with Gasteiger partial charge in [-0.15, -0.1) is 0 Å². The zero-order valence-corrected chi connectivity index (χ0v) is 11.7. The zero-order chi connectivity index (χ0) is 13.8. The molecule has 0 amide bonds. The summed E-state index contributed by atoms with van der Waals surface area (Å²) >= 11 is 12.2. The van der Waals surface area contributed by atoms with Crippen molar-refractivity contribution in [2.45, 2.75) is 6.04 Å². The summed E-state index contributed by atoms with van der Waals surface area (Å²) in [7, 11) is 1.58. The van der Waals surface area contributed by atoms with E-state index in [9.17, 15) is 0 Å². The second kappa shape index (κ2) is 6.21. The first-order valence-corrected chi connectivity index (χ1v) is 6.33. The van der Waals surface area contributed by atoms with Crippen LogP contribution < -0.4 is 16.0 Å². The van der Waals surface area contributed by atoms with E-state index in [0.29, 0.717) is 21.5 Å². The number of hydrogen-bond acceptors (Lipinski definition) is 4. The van der Waals surface area contributed by atoms with Crippen molar-refractivity contribution >= 4 is 23.2 Å². The Labute approximate surface area is 121 Å². The summed E-state index contributed by atoms with van der Waals surface area (Å²) in [6.07, 6.45) is 1.67. The molecule has 4 nitrogen and oxygen atoms in total. The summed E-state index contributed by atoms with van der Waals surface area (Å²) in [4.78, 5) is 4.30. The predicted molar refractivity (Wildman–Crippen MR) is 76.4 cm³/mol. The van der Waals surface area contributed by atoms with Crippen LogP contribution in [0.1, 0.15) is 17.3 Å². The van der Waals surface area contributed by atoms with Crippen molar-refractivity contribution in [3.05, 3.63) is 57.8 Å². The van der Waals surface area contributed by atoms with E-state index in [4.69, 9.17) is 33.8 Å².